The number of ether oxygens (including phenoxy) is 2. The molecule has 0 aromatic heterocycles. The van der Waals surface area contributed by atoms with E-state index in [1.54, 1.807) is 43.3 Å². The summed E-state index contributed by atoms with van der Waals surface area (Å²) in [7, 11) is 0. The van der Waals surface area contributed by atoms with Gasteiger partial charge >= 0.3 is 0 Å². The van der Waals surface area contributed by atoms with Crippen molar-refractivity contribution in [3.63, 3.8) is 0 Å². The van der Waals surface area contributed by atoms with Crippen LogP contribution in [0.3, 0.4) is 0 Å². The summed E-state index contributed by atoms with van der Waals surface area (Å²) in [6.07, 6.45) is -0.666. The molecular formula is C19H20ClNO3. The van der Waals surface area contributed by atoms with Gasteiger partial charge in [0.05, 0.1) is 5.69 Å². The van der Waals surface area contributed by atoms with E-state index in [-0.39, 0.29) is 5.91 Å². The molecule has 0 aliphatic heterocycles. The molecule has 24 heavy (non-hydrogen) atoms. The summed E-state index contributed by atoms with van der Waals surface area (Å²) in [6.45, 7) is 7.75. The lowest BCUT2D eigenvalue weighted by molar-refractivity contribution is -0.122. The molecule has 0 fully saturated rings. The predicted octanol–water partition coefficient (Wildman–Crippen LogP) is 4.70. The number of hydrogen-bond donors (Lipinski definition) is 1. The van der Waals surface area contributed by atoms with Crippen molar-refractivity contribution in [3.05, 3.63) is 65.7 Å². The molecule has 0 spiro atoms. The zero-order valence-corrected chi connectivity index (χ0v) is 14.5. The number of carbonyl (C=O) groups is 1. The highest BCUT2D eigenvalue weighted by Crippen LogP contribution is 2.25. The fourth-order valence-electron chi connectivity index (χ4n) is 1.90. The molecular weight excluding hydrogens is 326 g/mol. The second-order valence-corrected chi connectivity index (χ2v) is 5.88. The van der Waals surface area contributed by atoms with Crippen molar-refractivity contribution in [1.82, 2.24) is 0 Å². The van der Waals surface area contributed by atoms with Gasteiger partial charge < -0.3 is 14.8 Å². The lowest BCUT2D eigenvalue weighted by Crippen LogP contribution is -2.30. The van der Waals surface area contributed by atoms with E-state index in [9.17, 15) is 4.79 Å². The fraction of sp³-hybridized carbons (Fsp3) is 0.211. The Kier molecular flexibility index (Phi) is 6.27. The van der Waals surface area contributed by atoms with E-state index in [1.165, 1.54) is 0 Å². The summed E-state index contributed by atoms with van der Waals surface area (Å²) < 4.78 is 11.3. The monoisotopic (exact) mass is 345 g/mol. The van der Waals surface area contributed by atoms with Gasteiger partial charge in [0.1, 0.15) is 18.1 Å². The summed E-state index contributed by atoms with van der Waals surface area (Å²) in [5, 5.41) is 3.43. The van der Waals surface area contributed by atoms with E-state index in [4.69, 9.17) is 21.1 Å². The van der Waals surface area contributed by atoms with Gasteiger partial charge in [0.15, 0.2) is 6.10 Å². The number of hydrogen-bond acceptors (Lipinski definition) is 3. The van der Waals surface area contributed by atoms with Crippen LogP contribution in [-0.4, -0.2) is 18.6 Å². The van der Waals surface area contributed by atoms with Crippen LogP contribution in [0.4, 0.5) is 5.69 Å². The van der Waals surface area contributed by atoms with E-state index in [0.29, 0.717) is 28.8 Å². The van der Waals surface area contributed by atoms with E-state index in [0.717, 1.165) is 5.57 Å². The highest BCUT2D eigenvalue weighted by atomic mass is 35.5. The number of amides is 1. The maximum Gasteiger partial charge on any atom is 0.265 e. The first-order valence-electron chi connectivity index (χ1n) is 7.55. The number of anilines is 1. The van der Waals surface area contributed by atoms with Crippen LogP contribution in [-0.2, 0) is 4.79 Å². The molecule has 0 saturated carbocycles. The molecule has 0 aliphatic rings. The van der Waals surface area contributed by atoms with Crippen molar-refractivity contribution < 1.29 is 14.3 Å². The van der Waals surface area contributed by atoms with Gasteiger partial charge in [-0.25, -0.2) is 0 Å². The molecule has 1 N–H and O–H groups in total. The molecule has 0 heterocycles. The Labute approximate surface area is 147 Å². The van der Waals surface area contributed by atoms with Crippen LogP contribution in [0, 0.1) is 0 Å². The molecule has 4 nitrogen and oxygen atoms in total. The summed E-state index contributed by atoms with van der Waals surface area (Å²) in [4.78, 5) is 12.3. The van der Waals surface area contributed by atoms with Crippen molar-refractivity contribution in [2.45, 2.75) is 20.0 Å². The predicted molar refractivity (Wildman–Crippen MR) is 96.9 cm³/mol. The Morgan fingerprint density at radius 3 is 2.54 bits per heavy atom. The SMILES string of the molecule is C=C(C)COc1ccccc1NC(=O)C(C)Oc1ccc(Cl)cc1. The number of benzene rings is 2. The van der Waals surface area contributed by atoms with Gasteiger partial charge in [-0.05, 0) is 55.8 Å². The van der Waals surface area contributed by atoms with Crippen LogP contribution in [0.1, 0.15) is 13.8 Å². The summed E-state index contributed by atoms with van der Waals surface area (Å²) in [5.41, 5.74) is 1.49. The van der Waals surface area contributed by atoms with Crippen LogP contribution in [0.25, 0.3) is 0 Å². The molecule has 0 saturated heterocycles. The lowest BCUT2D eigenvalue weighted by atomic mass is 10.2. The van der Waals surface area contributed by atoms with Crippen molar-refractivity contribution in [3.8, 4) is 11.5 Å². The Morgan fingerprint density at radius 2 is 1.88 bits per heavy atom. The zero-order valence-electron chi connectivity index (χ0n) is 13.7. The van der Waals surface area contributed by atoms with Crippen molar-refractivity contribution in [2.24, 2.45) is 0 Å². The third-order valence-corrected chi connectivity index (χ3v) is 3.37. The second-order valence-electron chi connectivity index (χ2n) is 5.45. The summed E-state index contributed by atoms with van der Waals surface area (Å²) >= 11 is 5.83. The zero-order chi connectivity index (χ0) is 17.5. The van der Waals surface area contributed by atoms with Gasteiger partial charge in [0.2, 0.25) is 0 Å². The first kappa shape index (κ1) is 17.9. The first-order valence-corrected chi connectivity index (χ1v) is 7.93. The summed E-state index contributed by atoms with van der Waals surface area (Å²) in [6, 6.07) is 14.1. The van der Waals surface area contributed by atoms with E-state index >= 15 is 0 Å². The minimum Gasteiger partial charge on any atom is -0.487 e. The van der Waals surface area contributed by atoms with Crippen molar-refractivity contribution in [1.29, 1.82) is 0 Å². The Bertz CT molecular complexity index is 713. The summed E-state index contributed by atoms with van der Waals surface area (Å²) in [5.74, 6) is 0.901. The smallest absolute Gasteiger partial charge is 0.265 e. The molecule has 1 unspecified atom stereocenters. The number of halogens is 1. The van der Waals surface area contributed by atoms with E-state index in [2.05, 4.69) is 11.9 Å². The molecule has 0 bridgehead atoms. The molecule has 2 aromatic rings. The van der Waals surface area contributed by atoms with Gasteiger partial charge in [-0.3, -0.25) is 4.79 Å². The minimum atomic E-state index is -0.666. The molecule has 1 amide bonds. The number of carbonyl (C=O) groups excluding carboxylic acids is 1. The average Bonchev–Trinajstić information content (AvgIpc) is 2.56. The Morgan fingerprint density at radius 1 is 1.21 bits per heavy atom. The van der Waals surface area contributed by atoms with Crippen molar-refractivity contribution >= 4 is 23.2 Å². The Balaban J connectivity index is 2.00. The van der Waals surface area contributed by atoms with Gasteiger partial charge in [0.25, 0.3) is 5.91 Å². The van der Waals surface area contributed by atoms with Crippen LogP contribution in [0.5, 0.6) is 11.5 Å². The van der Waals surface area contributed by atoms with Crippen LogP contribution >= 0.6 is 11.6 Å². The number of nitrogens with one attached hydrogen (secondary N) is 1. The van der Waals surface area contributed by atoms with Gasteiger partial charge in [-0.2, -0.15) is 0 Å². The largest absolute Gasteiger partial charge is 0.487 e. The van der Waals surface area contributed by atoms with Crippen LogP contribution < -0.4 is 14.8 Å². The maximum absolute atomic E-state index is 12.3. The Hall–Kier alpha value is -2.46. The van der Waals surface area contributed by atoms with Gasteiger partial charge in [-0.1, -0.05) is 30.3 Å². The maximum atomic E-state index is 12.3. The van der Waals surface area contributed by atoms with Gasteiger partial charge in [0, 0.05) is 5.02 Å². The highest BCUT2D eigenvalue weighted by molar-refractivity contribution is 6.30. The molecule has 2 aromatic carbocycles. The third-order valence-electron chi connectivity index (χ3n) is 3.11. The lowest BCUT2D eigenvalue weighted by Gasteiger charge is -2.17. The average molecular weight is 346 g/mol. The normalized spacial score (nSPS) is 11.5. The quantitative estimate of drug-likeness (QED) is 0.740. The number of rotatable bonds is 7. The standard InChI is InChI=1S/C19H20ClNO3/c1-13(2)12-23-18-7-5-4-6-17(18)21-19(22)14(3)24-16-10-8-15(20)9-11-16/h4-11,14H,1,12H2,2-3H3,(H,21,22). The second kappa shape index (κ2) is 8.41. The molecule has 2 rings (SSSR count). The molecule has 1 atom stereocenters. The third kappa shape index (κ3) is 5.32. The minimum absolute atomic E-state index is 0.267. The van der Waals surface area contributed by atoms with Crippen molar-refractivity contribution in [2.75, 3.05) is 11.9 Å². The molecule has 0 aliphatic carbocycles. The van der Waals surface area contributed by atoms with Crippen LogP contribution in [0.2, 0.25) is 5.02 Å². The first-order chi connectivity index (χ1) is 11.5. The highest BCUT2D eigenvalue weighted by Gasteiger charge is 2.16. The molecule has 126 valence electrons. The van der Waals surface area contributed by atoms with E-state index in [1.807, 2.05) is 19.1 Å². The van der Waals surface area contributed by atoms with Crippen LogP contribution in [0.15, 0.2) is 60.7 Å². The molecule has 5 heteroatoms. The fourth-order valence-corrected chi connectivity index (χ4v) is 2.03. The topological polar surface area (TPSA) is 47.6 Å². The van der Waals surface area contributed by atoms with E-state index < -0.39 is 6.10 Å². The van der Waals surface area contributed by atoms with Gasteiger partial charge in [-0.15, -0.1) is 0 Å². The molecule has 0 radical (unpaired) electrons. The number of para-hydroxylation sites is 2.